The fourth-order valence-electron chi connectivity index (χ4n) is 4.17. The molecule has 0 saturated carbocycles. The van der Waals surface area contributed by atoms with E-state index < -0.39 is 5.60 Å². The molecule has 3 heterocycles. The zero-order valence-electron chi connectivity index (χ0n) is 19.9. The van der Waals surface area contributed by atoms with Gasteiger partial charge < -0.3 is 29.9 Å². The van der Waals surface area contributed by atoms with Crippen molar-refractivity contribution in [2.45, 2.75) is 57.6 Å². The molecule has 2 fully saturated rings. The molecule has 2 aliphatic rings. The second-order valence-electron chi connectivity index (χ2n) is 9.55. The zero-order chi connectivity index (χ0) is 24.2. The summed E-state index contributed by atoms with van der Waals surface area (Å²) >= 11 is 3.26. The number of rotatable bonds is 5. The molecule has 0 spiro atoms. The third-order valence-corrected chi connectivity index (χ3v) is 6.26. The van der Waals surface area contributed by atoms with Gasteiger partial charge in [0.15, 0.2) is 0 Å². The van der Waals surface area contributed by atoms with Crippen molar-refractivity contribution < 1.29 is 19.1 Å². The highest BCUT2D eigenvalue weighted by Gasteiger charge is 2.32. The first-order valence-electron chi connectivity index (χ1n) is 11.4. The minimum Gasteiger partial charge on any atom is -0.449 e. The molecular weight excluding hydrogens is 492 g/mol. The number of halogens is 1. The molecule has 2 amide bonds. The number of nitrogens with zero attached hydrogens (tertiary/aromatic N) is 5. The van der Waals surface area contributed by atoms with Gasteiger partial charge in [-0.2, -0.15) is 4.98 Å². The minimum atomic E-state index is -0.528. The quantitative estimate of drug-likeness (QED) is 0.581. The van der Waals surface area contributed by atoms with E-state index in [2.05, 4.69) is 30.8 Å². The summed E-state index contributed by atoms with van der Waals surface area (Å²) in [5, 5.41) is 0.628. The molecular formula is C22H35BrN6O4. The van der Waals surface area contributed by atoms with Gasteiger partial charge in [-0.15, -0.1) is 0 Å². The van der Waals surface area contributed by atoms with Crippen LogP contribution < -0.4 is 10.6 Å². The number of hydrogen-bond acceptors (Lipinski definition) is 8. The van der Waals surface area contributed by atoms with Crippen LogP contribution in [0.25, 0.3) is 0 Å². The average Bonchev–Trinajstić information content (AvgIpc) is 3.25. The van der Waals surface area contributed by atoms with Gasteiger partial charge in [0.1, 0.15) is 18.0 Å². The molecule has 11 heteroatoms. The van der Waals surface area contributed by atoms with E-state index in [1.807, 2.05) is 26.8 Å². The van der Waals surface area contributed by atoms with Crippen molar-refractivity contribution in [1.82, 2.24) is 19.8 Å². The van der Waals surface area contributed by atoms with Crippen LogP contribution in [0, 0.1) is 0 Å². The number of anilines is 2. The van der Waals surface area contributed by atoms with Crippen LogP contribution in [-0.4, -0.2) is 88.8 Å². The van der Waals surface area contributed by atoms with Gasteiger partial charge in [0.05, 0.1) is 11.7 Å². The van der Waals surface area contributed by atoms with E-state index in [0.717, 1.165) is 37.3 Å². The van der Waals surface area contributed by atoms with Gasteiger partial charge in [-0.1, -0.05) is 15.9 Å². The molecule has 0 radical (unpaired) electrons. The highest BCUT2D eigenvalue weighted by atomic mass is 79.9. The van der Waals surface area contributed by atoms with Crippen LogP contribution in [0.4, 0.5) is 21.4 Å². The average molecular weight is 527 g/mol. The van der Waals surface area contributed by atoms with E-state index in [1.165, 1.54) is 0 Å². The Morgan fingerprint density at radius 2 is 1.91 bits per heavy atom. The number of amides is 2. The minimum absolute atomic E-state index is 0.0354. The standard InChI is InChI=1S/C22H35BrN6O4/c1-22(2,3)33-20(30)27(4)16-7-11-29(14-16)18-13-17(25-19(24)26-18)15-5-9-28(10-6-15)21(31)32-12-8-23/h13,15-16H,5-12,14H2,1-4H3,(H2,24,25,26). The second-order valence-corrected chi connectivity index (χ2v) is 10.3. The first kappa shape index (κ1) is 25.3. The summed E-state index contributed by atoms with van der Waals surface area (Å²) in [7, 11) is 1.78. The summed E-state index contributed by atoms with van der Waals surface area (Å²) in [6, 6.07) is 2.03. The van der Waals surface area contributed by atoms with Crippen molar-refractivity contribution in [3.63, 3.8) is 0 Å². The normalized spacial score (nSPS) is 19.5. The van der Waals surface area contributed by atoms with E-state index in [1.54, 1.807) is 16.8 Å². The van der Waals surface area contributed by atoms with Gasteiger partial charge in [-0.25, -0.2) is 14.6 Å². The number of ether oxygens (including phenoxy) is 2. The molecule has 2 saturated heterocycles. The Labute approximate surface area is 203 Å². The fraction of sp³-hybridized carbons (Fsp3) is 0.727. The molecule has 184 valence electrons. The van der Waals surface area contributed by atoms with E-state index in [4.69, 9.17) is 15.2 Å². The number of likely N-dealkylation sites (N-methyl/N-ethyl adjacent to an activating group) is 1. The lowest BCUT2D eigenvalue weighted by Gasteiger charge is -2.31. The van der Waals surface area contributed by atoms with Crippen molar-refractivity contribution >= 4 is 39.9 Å². The maximum absolute atomic E-state index is 12.4. The lowest BCUT2D eigenvalue weighted by molar-refractivity contribution is 0.0237. The Morgan fingerprint density at radius 1 is 1.21 bits per heavy atom. The Kier molecular flexibility index (Phi) is 8.25. The highest BCUT2D eigenvalue weighted by Crippen LogP contribution is 2.31. The van der Waals surface area contributed by atoms with Gasteiger partial charge in [-0.3, -0.25) is 0 Å². The molecule has 0 aliphatic carbocycles. The van der Waals surface area contributed by atoms with E-state index in [-0.39, 0.29) is 30.1 Å². The lowest BCUT2D eigenvalue weighted by atomic mass is 9.93. The molecule has 3 rings (SSSR count). The van der Waals surface area contributed by atoms with E-state index in [0.29, 0.717) is 31.6 Å². The second kappa shape index (κ2) is 10.8. The summed E-state index contributed by atoms with van der Waals surface area (Å²) in [6.45, 7) is 8.62. The van der Waals surface area contributed by atoms with E-state index in [9.17, 15) is 9.59 Å². The third-order valence-electron chi connectivity index (χ3n) is 5.94. The molecule has 1 aromatic heterocycles. The number of alkyl halides is 1. The van der Waals surface area contributed by atoms with Gasteiger partial charge >= 0.3 is 12.2 Å². The molecule has 0 bridgehead atoms. The van der Waals surface area contributed by atoms with Gasteiger partial charge in [0.25, 0.3) is 0 Å². The number of hydrogen-bond donors (Lipinski definition) is 1. The topological polar surface area (TPSA) is 114 Å². The van der Waals surface area contributed by atoms with Crippen molar-refractivity contribution in [3.05, 3.63) is 11.8 Å². The van der Waals surface area contributed by atoms with Crippen molar-refractivity contribution in [1.29, 1.82) is 0 Å². The van der Waals surface area contributed by atoms with Crippen LogP contribution in [-0.2, 0) is 9.47 Å². The molecule has 10 nitrogen and oxygen atoms in total. The summed E-state index contributed by atoms with van der Waals surface area (Å²) in [5.74, 6) is 1.22. The lowest BCUT2D eigenvalue weighted by Crippen LogP contribution is -2.42. The molecule has 1 aromatic rings. The predicted octanol–water partition coefficient (Wildman–Crippen LogP) is 3.22. The van der Waals surface area contributed by atoms with Crippen LogP contribution in [0.1, 0.15) is 51.6 Å². The highest BCUT2D eigenvalue weighted by molar-refractivity contribution is 9.09. The van der Waals surface area contributed by atoms with E-state index >= 15 is 0 Å². The largest absolute Gasteiger partial charge is 0.449 e. The summed E-state index contributed by atoms with van der Waals surface area (Å²) < 4.78 is 10.7. The number of aromatic nitrogens is 2. The van der Waals surface area contributed by atoms with Gasteiger partial charge in [0, 0.05) is 50.5 Å². The molecule has 33 heavy (non-hydrogen) atoms. The number of piperidine rings is 1. The van der Waals surface area contributed by atoms with Gasteiger partial charge in [0.2, 0.25) is 5.95 Å². The molecule has 2 aliphatic heterocycles. The van der Waals surface area contributed by atoms with Crippen molar-refractivity contribution in [3.8, 4) is 0 Å². The molecule has 0 aromatic carbocycles. The monoisotopic (exact) mass is 526 g/mol. The molecule has 1 unspecified atom stereocenters. The zero-order valence-corrected chi connectivity index (χ0v) is 21.5. The summed E-state index contributed by atoms with van der Waals surface area (Å²) in [5.41, 5.74) is 6.42. The van der Waals surface area contributed by atoms with Crippen LogP contribution in [0.5, 0.6) is 0 Å². The van der Waals surface area contributed by atoms with Gasteiger partial charge in [-0.05, 0) is 40.0 Å². The first-order chi connectivity index (χ1) is 15.6. The SMILES string of the molecule is CN(C(=O)OC(C)(C)C)C1CCN(c2cc(C3CCN(C(=O)OCCBr)CC3)nc(N)n2)C1. The maximum Gasteiger partial charge on any atom is 0.410 e. The van der Waals surface area contributed by atoms with Crippen LogP contribution in [0.3, 0.4) is 0 Å². The van der Waals surface area contributed by atoms with Crippen molar-refractivity contribution in [2.75, 3.05) is 55.8 Å². The predicted molar refractivity (Wildman–Crippen MR) is 130 cm³/mol. The number of carbonyl (C=O) groups is 2. The van der Waals surface area contributed by atoms with Crippen LogP contribution in [0.2, 0.25) is 0 Å². The number of carbonyl (C=O) groups excluding carboxylic acids is 2. The Hall–Kier alpha value is -2.30. The number of nitrogen functional groups attached to an aromatic ring is 1. The third kappa shape index (κ3) is 6.84. The summed E-state index contributed by atoms with van der Waals surface area (Å²) in [6.07, 6.45) is 1.82. The number of nitrogens with two attached hydrogens (primary N) is 1. The summed E-state index contributed by atoms with van der Waals surface area (Å²) in [4.78, 5) is 39.0. The maximum atomic E-state index is 12.4. The van der Waals surface area contributed by atoms with Crippen LogP contribution in [0.15, 0.2) is 6.07 Å². The Balaban J connectivity index is 1.61. The number of likely N-dealkylation sites (tertiary alicyclic amines) is 1. The first-order valence-corrected chi connectivity index (χ1v) is 12.5. The van der Waals surface area contributed by atoms with Crippen molar-refractivity contribution in [2.24, 2.45) is 0 Å². The fourth-order valence-corrected chi connectivity index (χ4v) is 4.33. The molecule has 2 N–H and O–H groups in total. The molecule has 1 atom stereocenters. The Morgan fingerprint density at radius 3 is 2.55 bits per heavy atom. The Bertz CT molecular complexity index is 841. The van der Waals surface area contributed by atoms with Crippen LogP contribution >= 0.6 is 15.9 Å². The smallest absolute Gasteiger partial charge is 0.410 e.